The molecule has 122 valence electrons. The average molecular weight is 361 g/mol. The normalized spacial score (nSPS) is 10.5. The molecule has 0 aliphatic heterocycles. The Kier molecular flexibility index (Phi) is 5.45. The van der Waals surface area contributed by atoms with E-state index in [1.54, 1.807) is 10.7 Å². The van der Waals surface area contributed by atoms with Gasteiger partial charge in [-0.25, -0.2) is 0 Å². The minimum Gasteiger partial charge on any atom is -0.460 e. The van der Waals surface area contributed by atoms with Gasteiger partial charge in [0, 0.05) is 10.6 Å². The number of halogens is 1. The summed E-state index contributed by atoms with van der Waals surface area (Å²) in [5, 5.41) is 12.6. The number of nitrogens with zero attached hydrogens (tertiary/aromatic N) is 4. The largest absolute Gasteiger partial charge is 0.460 e. The van der Waals surface area contributed by atoms with Crippen molar-refractivity contribution in [3.8, 4) is 5.69 Å². The van der Waals surface area contributed by atoms with Gasteiger partial charge in [0.25, 0.3) is 0 Å². The van der Waals surface area contributed by atoms with Crippen LogP contribution in [0.25, 0.3) is 5.69 Å². The first kappa shape index (κ1) is 16.5. The van der Waals surface area contributed by atoms with Crippen molar-refractivity contribution in [3.05, 3.63) is 65.2 Å². The van der Waals surface area contributed by atoms with Crippen molar-refractivity contribution >= 4 is 29.3 Å². The third-order valence-corrected chi connectivity index (χ3v) is 4.37. The standard InChI is InChI=1S/C16H13ClN4O2S/c17-14-9-5-4-6-12(14)10-23-15(22)11-24-16-18-19-20-21(16)13-7-2-1-3-8-13/h1-9H,10-11H2. The molecule has 0 saturated heterocycles. The van der Waals surface area contributed by atoms with Crippen LogP contribution in [0.4, 0.5) is 0 Å². The number of hydrogen-bond donors (Lipinski definition) is 0. The van der Waals surface area contributed by atoms with Gasteiger partial charge in [-0.15, -0.1) is 5.10 Å². The van der Waals surface area contributed by atoms with E-state index in [0.717, 1.165) is 11.3 Å². The zero-order valence-corrected chi connectivity index (χ0v) is 14.1. The summed E-state index contributed by atoms with van der Waals surface area (Å²) in [4.78, 5) is 11.9. The average Bonchev–Trinajstić information content (AvgIpc) is 3.08. The van der Waals surface area contributed by atoms with Gasteiger partial charge in [-0.3, -0.25) is 4.79 Å². The number of benzene rings is 2. The summed E-state index contributed by atoms with van der Waals surface area (Å²) in [5.41, 5.74) is 1.60. The molecule has 6 nitrogen and oxygen atoms in total. The van der Waals surface area contributed by atoms with Gasteiger partial charge in [-0.1, -0.05) is 59.8 Å². The first-order valence-corrected chi connectivity index (χ1v) is 8.46. The molecule has 0 bridgehead atoms. The van der Waals surface area contributed by atoms with Gasteiger partial charge in [0.15, 0.2) is 0 Å². The predicted molar refractivity (Wildman–Crippen MR) is 91.1 cm³/mol. The molecular weight excluding hydrogens is 348 g/mol. The molecule has 0 saturated carbocycles. The molecule has 0 atom stereocenters. The van der Waals surface area contributed by atoms with Crippen molar-refractivity contribution in [2.75, 3.05) is 5.75 Å². The molecule has 0 fully saturated rings. The van der Waals surface area contributed by atoms with Crippen LogP contribution in [0.2, 0.25) is 5.02 Å². The van der Waals surface area contributed by atoms with E-state index in [0.29, 0.717) is 10.2 Å². The van der Waals surface area contributed by atoms with Crippen molar-refractivity contribution < 1.29 is 9.53 Å². The summed E-state index contributed by atoms with van der Waals surface area (Å²) in [6.45, 7) is 0.142. The molecule has 0 N–H and O–H groups in total. The lowest BCUT2D eigenvalue weighted by atomic mass is 10.2. The van der Waals surface area contributed by atoms with Gasteiger partial charge in [-0.2, -0.15) is 4.68 Å². The fourth-order valence-electron chi connectivity index (χ4n) is 1.94. The van der Waals surface area contributed by atoms with E-state index < -0.39 is 0 Å². The molecule has 1 aromatic heterocycles. The van der Waals surface area contributed by atoms with Crippen LogP contribution in [0.15, 0.2) is 59.8 Å². The van der Waals surface area contributed by atoms with E-state index in [-0.39, 0.29) is 18.3 Å². The Hall–Kier alpha value is -2.38. The lowest BCUT2D eigenvalue weighted by Gasteiger charge is -2.06. The lowest BCUT2D eigenvalue weighted by Crippen LogP contribution is -2.08. The van der Waals surface area contributed by atoms with E-state index in [2.05, 4.69) is 15.5 Å². The topological polar surface area (TPSA) is 69.9 Å². The van der Waals surface area contributed by atoms with E-state index in [4.69, 9.17) is 16.3 Å². The molecule has 2 aromatic carbocycles. The maximum Gasteiger partial charge on any atom is 0.316 e. The van der Waals surface area contributed by atoms with Crippen molar-refractivity contribution in [1.29, 1.82) is 0 Å². The molecule has 3 rings (SSSR count). The highest BCUT2D eigenvalue weighted by Gasteiger charge is 2.12. The zero-order valence-electron chi connectivity index (χ0n) is 12.5. The van der Waals surface area contributed by atoms with E-state index in [9.17, 15) is 4.79 Å². The summed E-state index contributed by atoms with van der Waals surface area (Å²) in [7, 11) is 0. The number of thioether (sulfide) groups is 1. The van der Waals surface area contributed by atoms with Crippen LogP contribution in [0, 0.1) is 0 Å². The number of ether oxygens (including phenoxy) is 1. The van der Waals surface area contributed by atoms with Gasteiger partial charge in [-0.05, 0) is 28.6 Å². The third kappa shape index (κ3) is 4.12. The number of tetrazole rings is 1. The fraction of sp³-hybridized carbons (Fsp3) is 0.125. The minimum atomic E-state index is -0.359. The highest BCUT2D eigenvalue weighted by Crippen LogP contribution is 2.19. The summed E-state index contributed by atoms with van der Waals surface area (Å²) < 4.78 is 6.81. The molecule has 0 aliphatic carbocycles. The molecular formula is C16H13ClN4O2S. The maximum absolute atomic E-state index is 11.9. The molecule has 24 heavy (non-hydrogen) atoms. The number of hydrogen-bond acceptors (Lipinski definition) is 6. The van der Waals surface area contributed by atoms with Crippen LogP contribution in [0.5, 0.6) is 0 Å². The zero-order chi connectivity index (χ0) is 16.8. The SMILES string of the molecule is O=C(CSc1nnnn1-c1ccccc1)OCc1ccccc1Cl. The second kappa shape index (κ2) is 7.94. The monoisotopic (exact) mass is 360 g/mol. The van der Waals surface area contributed by atoms with Crippen LogP contribution < -0.4 is 0 Å². The van der Waals surface area contributed by atoms with Crippen LogP contribution in [-0.4, -0.2) is 31.9 Å². The van der Waals surface area contributed by atoms with Crippen molar-refractivity contribution in [1.82, 2.24) is 20.2 Å². The molecule has 0 radical (unpaired) electrons. The van der Waals surface area contributed by atoms with Crippen LogP contribution in [-0.2, 0) is 16.1 Å². The molecule has 1 heterocycles. The van der Waals surface area contributed by atoms with Crippen molar-refractivity contribution in [2.24, 2.45) is 0 Å². The maximum atomic E-state index is 11.9. The van der Waals surface area contributed by atoms with Gasteiger partial charge >= 0.3 is 5.97 Å². The van der Waals surface area contributed by atoms with Gasteiger partial charge < -0.3 is 4.74 Å². The Balaban J connectivity index is 1.56. The lowest BCUT2D eigenvalue weighted by molar-refractivity contribution is -0.141. The molecule has 0 aliphatic rings. The molecule has 0 spiro atoms. The number of para-hydroxylation sites is 1. The Morgan fingerprint density at radius 2 is 1.88 bits per heavy atom. The minimum absolute atomic E-state index is 0.109. The summed E-state index contributed by atoms with van der Waals surface area (Å²) in [5.74, 6) is -0.250. The van der Waals surface area contributed by atoms with Gasteiger partial charge in [0.05, 0.1) is 11.4 Å². The van der Waals surface area contributed by atoms with Gasteiger partial charge in [0.2, 0.25) is 5.16 Å². The van der Waals surface area contributed by atoms with Crippen molar-refractivity contribution in [2.45, 2.75) is 11.8 Å². The molecule has 3 aromatic rings. The Bertz CT molecular complexity index is 826. The smallest absolute Gasteiger partial charge is 0.316 e. The fourth-order valence-corrected chi connectivity index (χ4v) is 2.82. The van der Waals surface area contributed by atoms with Gasteiger partial charge in [0.1, 0.15) is 6.61 Å². The number of carbonyl (C=O) groups excluding carboxylic acids is 1. The Morgan fingerprint density at radius 1 is 1.12 bits per heavy atom. The second-order valence-corrected chi connectivity index (χ2v) is 6.10. The predicted octanol–water partition coefficient (Wildman–Crippen LogP) is 3.15. The molecule has 8 heteroatoms. The van der Waals surface area contributed by atoms with E-state index in [1.165, 1.54) is 11.8 Å². The number of carbonyl (C=O) groups is 1. The molecule has 0 unspecified atom stereocenters. The third-order valence-electron chi connectivity index (χ3n) is 3.11. The highest BCUT2D eigenvalue weighted by atomic mass is 35.5. The quantitative estimate of drug-likeness (QED) is 0.497. The van der Waals surface area contributed by atoms with E-state index in [1.807, 2.05) is 48.5 Å². The summed E-state index contributed by atoms with van der Waals surface area (Å²) in [6.07, 6.45) is 0. The first-order chi connectivity index (χ1) is 11.7. The van der Waals surface area contributed by atoms with Crippen molar-refractivity contribution in [3.63, 3.8) is 0 Å². The highest BCUT2D eigenvalue weighted by molar-refractivity contribution is 7.99. The Morgan fingerprint density at radius 3 is 2.67 bits per heavy atom. The second-order valence-electron chi connectivity index (χ2n) is 4.75. The first-order valence-electron chi connectivity index (χ1n) is 7.09. The summed E-state index contributed by atoms with van der Waals surface area (Å²) in [6, 6.07) is 16.7. The van der Waals surface area contributed by atoms with Crippen LogP contribution >= 0.6 is 23.4 Å². The number of aromatic nitrogens is 4. The summed E-state index contributed by atoms with van der Waals surface area (Å²) >= 11 is 7.24. The number of esters is 1. The Labute approximate surface area is 147 Å². The molecule has 0 amide bonds. The van der Waals surface area contributed by atoms with Crippen LogP contribution in [0.1, 0.15) is 5.56 Å². The number of rotatable bonds is 6. The van der Waals surface area contributed by atoms with Crippen LogP contribution in [0.3, 0.4) is 0 Å². The van der Waals surface area contributed by atoms with E-state index >= 15 is 0 Å².